The largest absolute Gasteiger partial charge is 0.394 e. The molecule has 0 bridgehead atoms. The van der Waals surface area contributed by atoms with Gasteiger partial charge in [-0.3, -0.25) is 4.57 Å². The normalized spacial score (nSPS) is 25.7. The second-order valence-corrected chi connectivity index (χ2v) is 3.51. The average molecular weight is 211 g/mol. The molecule has 1 saturated heterocycles. The van der Waals surface area contributed by atoms with Gasteiger partial charge in [-0.15, -0.1) is 0 Å². The maximum absolute atomic E-state index is 11.5. The second-order valence-electron chi connectivity index (χ2n) is 3.51. The summed E-state index contributed by atoms with van der Waals surface area (Å²) in [5.74, 6) is 0.202. The highest BCUT2D eigenvalue weighted by Gasteiger charge is 2.26. The molecule has 0 aliphatic carbocycles. The molecule has 0 aromatic carbocycles. The van der Waals surface area contributed by atoms with Crippen molar-refractivity contribution in [1.82, 2.24) is 9.55 Å². The van der Waals surface area contributed by atoms with Crippen LogP contribution in [0, 0.1) is 0 Å². The first-order valence-corrected chi connectivity index (χ1v) is 4.81. The minimum Gasteiger partial charge on any atom is -0.394 e. The highest BCUT2D eigenvalue weighted by atomic mass is 16.5. The second kappa shape index (κ2) is 4.00. The molecule has 3 N–H and O–H groups in total. The van der Waals surface area contributed by atoms with Crippen molar-refractivity contribution >= 4 is 5.82 Å². The summed E-state index contributed by atoms with van der Waals surface area (Å²) in [6, 6.07) is 1.55. The van der Waals surface area contributed by atoms with Crippen LogP contribution in [0.3, 0.4) is 0 Å². The van der Waals surface area contributed by atoms with Gasteiger partial charge < -0.3 is 15.6 Å². The fourth-order valence-electron chi connectivity index (χ4n) is 1.67. The highest BCUT2D eigenvalue weighted by Crippen LogP contribution is 2.26. The smallest absolute Gasteiger partial charge is 0.351 e. The molecule has 1 unspecified atom stereocenters. The van der Waals surface area contributed by atoms with Gasteiger partial charge in [0.1, 0.15) is 12.0 Å². The van der Waals surface area contributed by atoms with Gasteiger partial charge in [-0.2, -0.15) is 4.98 Å². The van der Waals surface area contributed by atoms with Crippen LogP contribution in [0.5, 0.6) is 0 Å². The van der Waals surface area contributed by atoms with Gasteiger partial charge in [0.05, 0.1) is 12.7 Å². The van der Waals surface area contributed by atoms with Gasteiger partial charge in [0, 0.05) is 6.20 Å². The lowest BCUT2D eigenvalue weighted by Crippen LogP contribution is -2.27. The summed E-state index contributed by atoms with van der Waals surface area (Å²) in [7, 11) is 0. The van der Waals surface area contributed by atoms with E-state index in [1.54, 1.807) is 12.3 Å². The molecule has 1 aliphatic rings. The molecule has 82 valence electrons. The molecule has 1 aliphatic heterocycles. The van der Waals surface area contributed by atoms with E-state index in [4.69, 9.17) is 15.6 Å². The molecule has 2 heterocycles. The molecular weight excluding hydrogens is 198 g/mol. The van der Waals surface area contributed by atoms with Gasteiger partial charge in [0.2, 0.25) is 0 Å². The van der Waals surface area contributed by atoms with Crippen molar-refractivity contribution in [2.75, 3.05) is 12.3 Å². The van der Waals surface area contributed by atoms with Crippen LogP contribution >= 0.6 is 0 Å². The summed E-state index contributed by atoms with van der Waals surface area (Å²) in [5, 5.41) is 8.90. The third-order valence-corrected chi connectivity index (χ3v) is 2.45. The number of ether oxygens (including phenoxy) is 1. The highest BCUT2D eigenvalue weighted by molar-refractivity contribution is 5.23. The minimum atomic E-state index is -0.418. The van der Waals surface area contributed by atoms with Crippen LogP contribution in [0.25, 0.3) is 0 Å². The van der Waals surface area contributed by atoms with Crippen LogP contribution < -0.4 is 11.4 Å². The van der Waals surface area contributed by atoms with E-state index in [0.29, 0.717) is 6.42 Å². The first kappa shape index (κ1) is 10.1. The third-order valence-electron chi connectivity index (χ3n) is 2.45. The number of hydrogen-bond acceptors (Lipinski definition) is 5. The number of hydrogen-bond donors (Lipinski definition) is 2. The standard InChI is InChI=1S/C9H13N3O3/c10-7-3-4-12(9(14)11-7)8-2-1-6(5-13)15-8/h3-4,6,8,13H,1-2,5H2,(H2,10,11,14)/t6-,8?/m1/s1. The van der Waals surface area contributed by atoms with Crippen molar-refractivity contribution < 1.29 is 9.84 Å². The Morgan fingerprint density at radius 2 is 2.47 bits per heavy atom. The van der Waals surface area contributed by atoms with Gasteiger partial charge in [0.25, 0.3) is 0 Å². The fraction of sp³-hybridized carbons (Fsp3) is 0.556. The quantitative estimate of drug-likeness (QED) is 0.688. The van der Waals surface area contributed by atoms with Gasteiger partial charge in [0.15, 0.2) is 0 Å². The Morgan fingerprint density at radius 3 is 3.07 bits per heavy atom. The minimum absolute atomic E-state index is 0.0202. The molecule has 0 radical (unpaired) electrons. The van der Waals surface area contributed by atoms with Crippen LogP contribution in [-0.2, 0) is 4.74 Å². The lowest BCUT2D eigenvalue weighted by molar-refractivity contribution is -0.0245. The summed E-state index contributed by atoms with van der Waals surface area (Å²) in [6.07, 6.45) is 2.51. The van der Waals surface area contributed by atoms with E-state index in [0.717, 1.165) is 6.42 Å². The van der Waals surface area contributed by atoms with E-state index in [1.165, 1.54) is 4.57 Å². The van der Waals surface area contributed by atoms with Crippen molar-refractivity contribution in [1.29, 1.82) is 0 Å². The van der Waals surface area contributed by atoms with E-state index >= 15 is 0 Å². The van der Waals surface area contributed by atoms with Gasteiger partial charge >= 0.3 is 5.69 Å². The number of anilines is 1. The first-order valence-electron chi connectivity index (χ1n) is 4.81. The Bertz CT molecular complexity index is 404. The van der Waals surface area contributed by atoms with Crippen molar-refractivity contribution in [3.8, 4) is 0 Å². The predicted molar refractivity (Wildman–Crippen MR) is 53.1 cm³/mol. The molecule has 2 rings (SSSR count). The predicted octanol–water partition coefficient (Wildman–Crippen LogP) is -0.505. The SMILES string of the molecule is Nc1ccn(C2CC[C@H](CO)O2)c(=O)n1. The molecular formula is C9H13N3O3. The number of nitrogens with two attached hydrogens (primary N) is 1. The molecule has 2 atom stereocenters. The van der Waals surface area contributed by atoms with E-state index in [1.807, 2.05) is 0 Å². The first-order chi connectivity index (χ1) is 7.20. The zero-order valence-corrected chi connectivity index (χ0v) is 8.17. The van der Waals surface area contributed by atoms with Crippen LogP contribution in [-0.4, -0.2) is 27.4 Å². The van der Waals surface area contributed by atoms with E-state index in [9.17, 15) is 4.79 Å². The molecule has 0 saturated carbocycles. The average Bonchev–Trinajstić information content (AvgIpc) is 2.66. The number of aliphatic hydroxyl groups excluding tert-OH is 1. The Balaban J connectivity index is 2.20. The molecule has 6 nitrogen and oxygen atoms in total. The lowest BCUT2D eigenvalue weighted by Gasteiger charge is -2.14. The summed E-state index contributed by atoms with van der Waals surface area (Å²) in [5.41, 5.74) is 4.96. The van der Waals surface area contributed by atoms with Gasteiger partial charge in [-0.25, -0.2) is 4.79 Å². The van der Waals surface area contributed by atoms with E-state index < -0.39 is 5.69 Å². The van der Waals surface area contributed by atoms with Crippen LogP contribution in [0.15, 0.2) is 17.1 Å². The summed E-state index contributed by atoms with van der Waals surface area (Å²) < 4.78 is 6.84. The molecule has 15 heavy (non-hydrogen) atoms. The van der Waals surface area contributed by atoms with E-state index in [2.05, 4.69) is 4.98 Å². The summed E-state index contributed by atoms with van der Waals surface area (Å²) in [4.78, 5) is 15.1. The van der Waals surface area contributed by atoms with Gasteiger partial charge in [-0.1, -0.05) is 0 Å². The maximum atomic E-state index is 11.5. The Labute approximate surface area is 86.3 Å². The van der Waals surface area contributed by atoms with Crippen molar-refractivity contribution in [3.05, 3.63) is 22.7 Å². The van der Waals surface area contributed by atoms with Crippen LogP contribution in [0.2, 0.25) is 0 Å². The van der Waals surface area contributed by atoms with Crippen molar-refractivity contribution in [2.24, 2.45) is 0 Å². The molecule has 0 amide bonds. The third kappa shape index (κ3) is 2.00. The van der Waals surface area contributed by atoms with Crippen LogP contribution in [0.4, 0.5) is 5.82 Å². The van der Waals surface area contributed by atoms with Crippen molar-refractivity contribution in [3.63, 3.8) is 0 Å². The van der Waals surface area contributed by atoms with Crippen LogP contribution in [0.1, 0.15) is 19.1 Å². The maximum Gasteiger partial charge on any atom is 0.351 e. The lowest BCUT2D eigenvalue weighted by atomic mass is 10.2. The zero-order chi connectivity index (χ0) is 10.8. The molecule has 6 heteroatoms. The number of aliphatic hydroxyl groups is 1. The molecule has 1 aromatic heterocycles. The Morgan fingerprint density at radius 1 is 1.67 bits per heavy atom. The monoisotopic (exact) mass is 211 g/mol. The number of rotatable bonds is 2. The summed E-state index contributed by atoms with van der Waals surface area (Å²) >= 11 is 0. The number of aromatic nitrogens is 2. The Hall–Kier alpha value is -1.40. The van der Waals surface area contributed by atoms with E-state index in [-0.39, 0.29) is 24.8 Å². The molecule has 1 fully saturated rings. The van der Waals surface area contributed by atoms with Gasteiger partial charge in [-0.05, 0) is 18.9 Å². The van der Waals surface area contributed by atoms with Crippen molar-refractivity contribution in [2.45, 2.75) is 25.2 Å². The number of nitrogens with zero attached hydrogens (tertiary/aromatic N) is 2. The molecule has 0 spiro atoms. The Kier molecular flexibility index (Phi) is 2.70. The zero-order valence-electron chi connectivity index (χ0n) is 8.17. The number of nitrogen functional groups attached to an aromatic ring is 1. The fourth-order valence-corrected chi connectivity index (χ4v) is 1.67. The molecule has 1 aromatic rings. The summed E-state index contributed by atoms with van der Waals surface area (Å²) in [6.45, 7) is -0.0202. The topological polar surface area (TPSA) is 90.4 Å².